The van der Waals surface area contributed by atoms with Gasteiger partial charge in [-0.15, -0.1) is 0 Å². The Morgan fingerprint density at radius 1 is 1.23 bits per heavy atom. The molecule has 2 N–H and O–H groups in total. The highest BCUT2D eigenvalue weighted by atomic mass is 31.2. The number of benzene rings is 1. The van der Waals surface area contributed by atoms with Gasteiger partial charge in [-0.1, -0.05) is 18.2 Å². The van der Waals surface area contributed by atoms with Gasteiger partial charge in [-0.3, -0.25) is 28.5 Å². The van der Waals surface area contributed by atoms with Gasteiger partial charge in [0.15, 0.2) is 12.3 Å². The molecule has 216 valence electrons. The van der Waals surface area contributed by atoms with Crippen LogP contribution in [0.2, 0.25) is 0 Å². The summed E-state index contributed by atoms with van der Waals surface area (Å²) in [4.78, 5) is 50.5. The highest BCUT2D eigenvalue weighted by Crippen LogP contribution is 2.49. The maximum absolute atomic E-state index is 13.9. The minimum atomic E-state index is -4.34. The van der Waals surface area contributed by atoms with Crippen LogP contribution in [0.4, 0.5) is 0 Å². The largest absolute Gasteiger partial charge is 0.462 e. The van der Waals surface area contributed by atoms with Crippen molar-refractivity contribution in [2.24, 2.45) is 5.41 Å². The normalized spacial score (nSPS) is 24.5. The third-order valence-corrected chi connectivity index (χ3v) is 7.46. The van der Waals surface area contributed by atoms with Crippen molar-refractivity contribution in [1.82, 2.24) is 14.6 Å². The molecule has 2 aromatic rings. The molecule has 1 aliphatic heterocycles. The van der Waals surface area contributed by atoms with Gasteiger partial charge in [-0.05, 0) is 39.8 Å². The van der Waals surface area contributed by atoms with E-state index in [1.54, 1.807) is 32.0 Å². The zero-order chi connectivity index (χ0) is 29.7. The number of carbonyl (C=O) groups is 2. The average Bonchev–Trinajstić information content (AvgIpc) is 3.14. The Kier molecular flexibility index (Phi) is 9.70. The van der Waals surface area contributed by atoms with Crippen molar-refractivity contribution >= 4 is 19.7 Å². The summed E-state index contributed by atoms with van der Waals surface area (Å²) in [6, 6.07) is 10.0. The molecule has 40 heavy (non-hydrogen) atoms. The first-order chi connectivity index (χ1) is 18.8. The molecule has 3 rings (SSSR count). The van der Waals surface area contributed by atoms with Gasteiger partial charge in [0, 0.05) is 19.2 Å². The lowest BCUT2D eigenvalue weighted by atomic mass is 9.83. The van der Waals surface area contributed by atoms with E-state index < -0.39 is 73.5 Å². The number of aromatic nitrogens is 2. The van der Waals surface area contributed by atoms with Gasteiger partial charge in [-0.2, -0.15) is 10.3 Å². The number of ether oxygens (including phenoxy) is 3. The number of aromatic amines is 1. The van der Waals surface area contributed by atoms with Crippen LogP contribution in [0.5, 0.6) is 5.75 Å². The molecular weight excluding hydrogens is 547 g/mol. The second-order valence-corrected chi connectivity index (χ2v) is 11.2. The van der Waals surface area contributed by atoms with Crippen LogP contribution in [0, 0.1) is 16.7 Å². The van der Waals surface area contributed by atoms with Gasteiger partial charge in [0.25, 0.3) is 5.56 Å². The van der Waals surface area contributed by atoms with Crippen molar-refractivity contribution in [3.63, 3.8) is 0 Å². The van der Waals surface area contributed by atoms with Crippen LogP contribution < -0.4 is 20.9 Å². The maximum atomic E-state index is 13.9. The molecule has 0 radical (unpaired) electrons. The number of H-pyrrole nitrogens is 1. The van der Waals surface area contributed by atoms with Crippen LogP contribution in [-0.4, -0.2) is 52.5 Å². The molecule has 0 spiro atoms. The standard InChI is InChI=1S/C25H31N4O10P/c1-15(2)36-22(32)16(3)28-40(34,39-18-9-7-6-8-10-18)35-13-19-21(37-17(4)30)25(5,14-26)23(38-19)29-12-11-20(31)27-24(29)33/h6-12,15-16,19,21,23H,13H2,1-5H3,(H,28,34)(H,27,31,33)/t16-,19-,21-,23-,25-,40?/m1/s1. The van der Waals surface area contributed by atoms with Gasteiger partial charge in [0.05, 0.1) is 18.8 Å². The fraction of sp³-hybridized carbons (Fsp3) is 0.480. The second kappa shape index (κ2) is 12.6. The third-order valence-electron chi connectivity index (χ3n) is 5.82. The van der Waals surface area contributed by atoms with E-state index in [1.807, 2.05) is 6.07 Å². The Hall–Kier alpha value is -3.76. The van der Waals surface area contributed by atoms with Crippen LogP contribution in [0.25, 0.3) is 0 Å². The number of nitrogens with zero attached hydrogens (tertiary/aromatic N) is 2. The number of nitrogens with one attached hydrogen (secondary N) is 2. The molecule has 6 atom stereocenters. The summed E-state index contributed by atoms with van der Waals surface area (Å²) in [5.41, 5.74) is -3.17. The van der Waals surface area contributed by atoms with Gasteiger partial charge >= 0.3 is 25.4 Å². The van der Waals surface area contributed by atoms with E-state index >= 15 is 0 Å². The predicted molar refractivity (Wildman–Crippen MR) is 139 cm³/mol. The number of hydrogen-bond acceptors (Lipinski definition) is 11. The molecule has 1 aliphatic rings. The molecule has 2 heterocycles. The average molecular weight is 579 g/mol. The minimum Gasteiger partial charge on any atom is -0.462 e. The summed E-state index contributed by atoms with van der Waals surface area (Å²) < 4.78 is 42.7. The van der Waals surface area contributed by atoms with Gasteiger partial charge in [0.1, 0.15) is 23.3 Å². The fourth-order valence-corrected chi connectivity index (χ4v) is 5.50. The summed E-state index contributed by atoms with van der Waals surface area (Å²) in [5.74, 6) is -1.30. The molecule has 1 aromatic heterocycles. The SMILES string of the molecule is CC(=O)O[C@@H]1[C@@H](COP(=O)(N[C@H](C)C(=O)OC(C)C)Oc2ccccc2)O[C@@H](n2ccc(=O)[nH]c2=O)[C@]1(C)C#N. The van der Waals surface area contributed by atoms with E-state index in [-0.39, 0.29) is 5.75 Å². The quantitative estimate of drug-likeness (QED) is 0.292. The van der Waals surface area contributed by atoms with Crippen molar-refractivity contribution in [2.75, 3.05) is 6.61 Å². The molecule has 0 bridgehead atoms. The lowest BCUT2D eigenvalue weighted by Crippen LogP contribution is -2.43. The van der Waals surface area contributed by atoms with E-state index in [1.165, 1.54) is 26.0 Å². The summed E-state index contributed by atoms with van der Waals surface area (Å²) in [7, 11) is -4.34. The minimum absolute atomic E-state index is 0.158. The highest BCUT2D eigenvalue weighted by molar-refractivity contribution is 7.52. The van der Waals surface area contributed by atoms with E-state index in [9.17, 15) is 29.0 Å². The van der Waals surface area contributed by atoms with Crippen molar-refractivity contribution in [2.45, 2.75) is 65.2 Å². The van der Waals surface area contributed by atoms with E-state index in [4.69, 9.17) is 23.3 Å². The lowest BCUT2D eigenvalue weighted by Gasteiger charge is -2.29. The summed E-state index contributed by atoms with van der Waals surface area (Å²) >= 11 is 0. The molecular formula is C25H31N4O10P. The smallest absolute Gasteiger partial charge is 0.459 e. The number of para-hydroxylation sites is 1. The second-order valence-electron chi connectivity index (χ2n) is 9.50. The third kappa shape index (κ3) is 7.25. The molecule has 0 amide bonds. The summed E-state index contributed by atoms with van der Waals surface area (Å²) in [6.07, 6.45) is -3.15. The Bertz CT molecular complexity index is 1420. The van der Waals surface area contributed by atoms with E-state index in [2.05, 4.69) is 10.1 Å². The topological polar surface area (TPSA) is 188 Å². The Morgan fingerprint density at radius 3 is 2.48 bits per heavy atom. The Balaban J connectivity index is 1.93. The first-order valence-corrected chi connectivity index (χ1v) is 13.8. The molecule has 1 unspecified atom stereocenters. The van der Waals surface area contributed by atoms with Crippen molar-refractivity contribution in [3.8, 4) is 11.8 Å². The molecule has 1 fully saturated rings. The molecule has 1 aromatic carbocycles. The van der Waals surface area contributed by atoms with Crippen molar-refractivity contribution < 1.29 is 37.4 Å². The van der Waals surface area contributed by atoms with Crippen molar-refractivity contribution in [1.29, 1.82) is 5.26 Å². The summed E-state index contributed by atoms with van der Waals surface area (Å²) in [6.45, 7) is 6.70. The van der Waals surface area contributed by atoms with E-state index in [0.717, 1.165) is 23.8 Å². The molecule has 0 saturated carbocycles. The highest BCUT2D eigenvalue weighted by Gasteiger charge is 2.58. The number of nitriles is 1. The lowest BCUT2D eigenvalue weighted by molar-refractivity contribution is -0.153. The van der Waals surface area contributed by atoms with Gasteiger partial charge in [0.2, 0.25) is 0 Å². The van der Waals surface area contributed by atoms with Crippen LogP contribution in [0.3, 0.4) is 0 Å². The number of esters is 2. The van der Waals surface area contributed by atoms with Crippen LogP contribution in [0.1, 0.15) is 40.8 Å². The Morgan fingerprint density at radius 2 is 1.90 bits per heavy atom. The number of carbonyl (C=O) groups excluding carboxylic acids is 2. The maximum Gasteiger partial charge on any atom is 0.459 e. The zero-order valence-electron chi connectivity index (χ0n) is 22.6. The van der Waals surface area contributed by atoms with Crippen LogP contribution >= 0.6 is 7.75 Å². The number of rotatable bonds is 11. The molecule has 0 aliphatic carbocycles. The molecule has 14 nitrogen and oxygen atoms in total. The monoisotopic (exact) mass is 578 g/mol. The first kappa shape index (κ1) is 30.8. The Labute approximate surface area is 229 Å². The number of hydrogen-bond donors (Lipinski definition) is 2. The predicted octanol–water partition coefficient (Wildman–Crippen LogP) is 2.03. The van der Waals surface area contributed by atoms with E-state index in [0.29, 0.717) is 0 Å². The molecule has 15 heteroatoms. The van der Waals surface area contributed by atoms with Gasteiger partial charge < -0.3 is 18.7 Å². The van der Waals surface area contributed by atoms with Crippen molar-refractivity contribution in [3.05, 3.63) is 63.4 Å². The summed E-state index contributed by atoms with van der Waals surface area (Å²) in [5, 5.41) is 12.6. The first-order valence-electron chi connectivity index (χ1n) is 12.3. The van der Waals surface area contributed by atoms with Gasteiger partial charge in [-0.25, -0.2) is 9.36 Å². The van der Waals surface area contributed by atoms with Crippen LogP contribution in [-0.2, 0) is 32.9 Å². The molecule has 1 saturated heterocycles. The fourth-order valence-electron chi connectivity index (χ4n) is 4.00. The zero-order valence-corrected chi connectivity index (χ0v) is 23.5. The van der Waals surface area contributed by atoms with Crippen LogP contribution in [0.15, 0.2) is 52.2 Å².